The van der Waals surface area contributed by atoms with E-state index >= 15 is 0 Å². The van der Waals surface area contributed by atoms with Crippen molar-refractivity contribution in [1.29, 1.82) is 0 Å². The zero-order chi connectivity index (χ0) is 12.4. The third-order valence-electron chi connectivity index (χ3n) is 2.63. The number of aliphatic carboxylic acids is 1. The van der Waals surface area contributed by atoms with Crippen LogP contribution in [0.25, 0.3) is 0 Å². The Morgan fingerprint density at radius 2 is 2.24 bits per heavy atom. The maximum absolute atomic E-state index is 10.9. The maximum Gasteiger partial charge on any atom is 0.323 e. The molecule has 0 aromatic heterocycles. The molecule has 0 amide bonds. The Hall–Kier alpha value is -1.62. The molecule has 0 radical (unpaired) electrons. The molecule has 1 aromatic carbocycles. The van der Waals surface area contributed by atoms with Gasteiger partial charge in [-0.05, 0) is 18.6 Å². The Morgan fingerprint density at radius 1 is 1.53 bits per heavy atom. The first-order chi connectivity index (χ1) is 8.13. The molecule has 1 unspecified atom stereocenters. The van der Waals surface area contributed by atoms with E-state index in [1.54, 1.807) is 4.90 Å². The quantitative estimate of drug-likeness (QED) is 0.833. The van der Waals surface area contributed by atoms with Crippen LogP contribution in [0.3, 0.4) is 0 Å². The molecule has 17 heavy (non-hydrogen) atoms. The van der Waals surface area contributed by atoms with E-state index in [9.17, 15) is 4.79 Å². The minimum atomic E-state index is -0.904. The van der Waals surface area contributed by atoms with E-state index in [2.05, 4.69) is 0 Å². The number of ether oxygens (including phenoxy) is 1. The zero-order valence-electron chi connectivity index (χ0n) is 9.42. The number of carbonyl (C=O) groups is 1. The van der Waals surface area contributed by atoms with Gasteiger partial charge in [0.25, 0.3) is 0 Å². The van der Waals surface area contributed by atoms with Gasteiger partial charge < -0.3 is 14.7 Å². The molecule has 0 aliphatic carbocycles. The van der Waals surface area contributed by atoms with E-state index in [1.165, 1.54) is 0 Å². The highest BCUT2D eigenvalue weighted by molar-refractivity contribution is 7.80. The van der Waals surface area contributed by atoms with E-state index in [0.29, 0.717) is 10.7 Å². The number of fused-ring (bicyclic) bond motifs is 1. The summed E-state index contributed by atoms with van der Waals surface area (Å²) in [6, 6.07) is 7.34. The fourth-order valence-electron chi connectivity index (χ4n) is 1.83. The lowest BCUT2D eigenvalue weighted by molar-refractivity contribution is -0.135. The SMILES string of the molecule is CCC1Oc2ccccc2N(CC(=O)O)C1=S. The van der Waals surface area contributed by atoms with Gasteiger partial charge in [0.05, 0.1) is 5.69 Å². The summed E-state index contributed by atoms with van der Waals surface area (Å²) in [7, 11) is 0. The van der Waals surface area contributed by atoms with Gasteiger partial charge in [0.15, 0.2) is 0 Å². The van der Waals surface area contributed by atoms with Gasteiger partial charge in [-0.2, -0.15) is 0 Å². The third kappa shape index (κ3) is 2.24. The number of anilines is 1. The number of hydrogen-bond acceptors (Lipinski definition) is 3. The van der Waals surface area contributed by atoms with E-state index < -0.39 is 5.97 Å². The molecule has 1 aromatic rings. The normalized spacial score (nSPS) is 18.5. The predicted molar refractivity (Wildman–Crippen MR) is 68.7 cm³/mol. The summed E-state index contributed by atoms with van der Waals surface area (Å²) >= 11 is 5.28. The number of carboxylic acid groups (broad SMARTS) is 1. The van der Waals surface area contributed by atoms with Gasteiger partial charge in [0.2, 0.25) is 0 Å². The van der Waals surface area contributed by atoms with Crippen molar-refractivity contribution in [3.05, 3.63) is 24.3 Å². The molecule has 1 heterocycles. The lowest BCUT2D eigenvalue weighted by Gasteiger charge is -2.35. The number of nitrogens with zero attached hydrogens (tertiary/aromatic N) is 1. The fourth-order valence-corrected chi connectivity index (χ4v) is 2.21. The topological polar surface area (TPSA) is 49.8 Å². The van der Waals surface area contributed by atoms with Crippen LogP contribution in [0.4, 0.5) is 5.69 Å². The van der Waals surface area contributed by atoms with Crippen LogP contribution in [-0.4, -0.2) is 28.7 Å². The molecule has 1 atom stereocenters. The zero-order valence-corrected chi connectivity index (χ0v) is 10.2. The molecule has 2 rings (SSSR count). The monoisotopic (exact) mass is 251 g/mol. The second kappa shape index (κ2) is 4.71. The molecule has 0 saturated heterocycles. The summed E-state index contributed by atoms with van der Waals surface area (Å²) < 4.78 is 5.73. The first-order valence-corrected chi connectivity index (χ1v) is 5.83. The summed E-state index contributed by atoms with van der Waals surface area (Å²) in [5, 5.41) is 8.93. The molecule has 0 spiro atoms. The predicted octanol–water partition coefficient (Wildman–Crippen LogP) is 2.08. The summed E-state index contributed by atoms with van der Waals surface area (Å²) in [4.78, 5) is 13.0. The van der Waals surface area contributed by atoms with E-state index in [0.717, 1.165) is 12.1 Å². The van der Waals surface area contributed by atoms with Crippen LogP contribution in [0, 0.1) is 0 Å². The van der Waals surface area contributed by atoms with Gasteiger partial charge in [-0.25, -0.2) is 0 Å². The van der Waals surface area contributed by atoms with Crippen molar-refractivity contribution in [2.24, 2.45) is 0 Å². The van der Waals surface area contributed by atoms with Crippen molar-refractivity contribution in [2.45, 2.75) is 19.4 Å². The first-order valence-electron chi connectivity index (χ1n) is 5.42. The van der Waals surface area contributed by atoms with Gasteiger partial charge in [-0.1, -0.05) is 31.3 Å². The van der Waals surface area contributed by atoms with Gasteiger partial charge in [0, 0.05) is 0 Å². The highest BCUT2D eigenvalue weighted by Gasteiger charge is 2.30. The second-order valence-corrected chi connectivity index (χ2v) is 4.22. The Morgan fingerprint density at radius 3 is 2.88 bits per heavy atom. The molecular weight excluding hydrogens is 238 g/mol. The fraction of sp³-hybridized carbons (Fsp3) is 0.333. The van der Waals surface area contributed by atoms with E-state index in [1.807, 2.05) is 31.2 Å². The van der Waals surface area contributed by atoms with Crippen molar-refractivity contribution >= 4 is 28.9 Å². The van der Waals surface area contributed by atoms with Crippen molar-refractivity contribution in [1.82, 2.24) is 0 Å². The van der Waals surface area contributed by atoms with Gasteiger partial charge >= 0.3 is 5.97 Å². The second-order valence-electron chi connectivity index (χ2n) is 3.80. The molecule has 0 bridgehead atoms. The minimum Gasteiger partial charge on any atom is -0.481 e. The lowest BCUT2D eigenvalue weighted by Crippen LogP contribution is -2.46. The molecule has 1 N–H and O–H groups in total. The van der Waals surface area contributed by atoms with Crippen LogP contribution in [0.2, 0.25) is 0 Å². The van der Waals surface area contributed by atoms with Gasteiger partial charge in [-0.3, -0.25) is 4.79 Å². The molecule has 90 valence electrons. The molecule has 4 nitrogen and oxygen atoms in total. The molecule has 1 aliphatic heterocycles. The highest BCUT2D eigenvalue weighted by Crippen LogP contribution is 2.34. The van der Waals surface area contributed by atoms with Crippen LogP contribution in [-0.2, 0) is 4.79 Å². The average molecular weight is 251 g/mol. The maximum atomic E-state index is 10.9. The molecule has 5 heteroatoms. The lowest BCUT2D eigenvalue weighted by atomic mass is 10.1. The van der Waals surface area contributed by atoms with Crippen molar-refractivity contribution < 1.29 is 14.6 Å². The summed E-state index contributed by atoms with van der Waals surface area (Å²) in [6.07, 6.45) is 0.503. The number of para-hydroxylation sites is 2. The van der Waals surface area contributed by atoms with Crippen molar-refractivity contribution in [3.8, 4) is 5.75 Å². The highest BCUT2D eigenvalue weighted by atomic mass is 32.1. The number of carboxylic acids is 1. The number of rotatable bonds is 3. The number of benzene rings is 1. The van der Waals surface area contributed by atoms with Crippen LogP contribution in [0.1, 0.15) is 13.3 Å². The average Bonchev–Trinajstić information content (AvgIpc) is 2.32. The van der Waals surface area contributed by atoms with Gasteiger partial charge in [0.1, 0.15) is 23.4 Å². The number of hydrogen-bond donors (Lipinski definition) is 1. The largest absolute Gasteiger partial charge is 0.481 e. The minimum absolute atomic E-state index is 0.129. The standard InChI is InChI=1S/C12H13NO3S/c1-2-9-12(17)13(7-11(14)15)8-5-3-4-6-10(8)16-9/h3-6,9H,2,7H2,1H3,(H,14,15). The smallest absolute Gasteiger partial charge is 0.323 e. The number of thiocarbonyl (C=S) groups is 1. The van der Waals surface area contributed by atoms with Crippen LogP contribution in [0.5, 0.6) is 5.75 Å². The van der Waals surface area contributed by atoms with E-state index in [4.69, 9.17) is 22.1 Å². The Bertz CT molecular complexity index is 461. The third-order valence-corrected chi connectivity index (χ3v) is 3.11. The van der Waals surface area contributed by atoms with Crippen LogP contribution in [0.15, 0.2) is 24.3 Å². The Kier molecular flexibility index (Phi) is 3.28. The molecule has 0 saturated carbocycles. The van der Waals surface area contributed by atoms with Crippen molar-refractivity contribution in [3.63, 3.8) is 0 Å². The van der Waals surface area contributed by atoms with Crippen LogP contribution >= 0.6 is 12.2 Å². The van der Waals surface area contributed by atoms with Crippen molar-refractivity contribution in [2.75, 3.05) is 11.4 Å². The van der Waals surface area contributed by atoms with Crippen LogP contribution < -0.4 is 9.64 Å². The van der Waals surface area contributed by atoms with Gasteiger partial charge in [-0.15, -0.1) is 0 Å². The molecular formula is C12H13NO3S. The Balaban J connectivity index is 2.40. The Labute approximate surface area is 105 Å². The summed E-state index contributed by atoms with van der Waals surface area (Å²) in [6.45, 7) is 1.83. The summed E-state index contributed by atoms with van der Waals surface area (Å²) in [5.41, 5.74) is 0.726. The first kappa shape index (κ1) is 11.9. The van der Waals surface area contributed by atoms with E-state index in [-0.39, 0.29) is 12.6 Å². The summed E-state index contributed by atoms with van der Waals surface area (Å²) in [5.74, 6) is -0.215. The molecule has 1 aliphatic rings. The molecule has 0 fully saturated rings.